The lowest BCUT2D eigenvalue weighted by molar-refractivity contribution is 0.448. The molecule has 1 atom stereocenters. The SMILES string of the molecule is Cc1ccc([C@@H](N)CC#N)o1. The zero-order valence-corrected chi connectivity index (χ0v) is 6.37. The van der Waals surface area contributed by atoms with Crippen molar-refractivity contribution in [1.29, 1.82) is 5.26 Å². The number of aryl methyl sites for hydroxylation is 1. The number of hydrogen-bond donors (Lipinski definition) is 1. The molecule has 1 aromatic heterocycles. The largest absolute Gasteiger partial charge is 0.465 e. The van der Waals surface area contributed by atoms with Crippen LogP contribution in [-0.4, -0.2) is 0 Å². The van der Waals surface area contributed by atoms with Gasteiger partial charge in [0, 0.05) is 0 Å². The Morgan fingerprint density at radius 3 is 2.91 bits per heavy atom. The second-order valence-corrected chi connectivity index (χ2v) is 2.42. The van der Waals surface area contributed by atoms with Gasteiger partial charge in [0.1, 0.15) is 11.5 Å². The number of furan rings is 1. The lowest BCUT2D eigenvalue weighted by Gasteiger charge is -2.00. The van der Waals surface area contributed by atoms with Gasteiger partial charge in [-0.3, -0.25) is 0 Å². The molecule has 0 spiro atoms. The molecular formula is C8H10N2O. The van der Waals surface area contributed by atoms with Gasteiger partial charge in [-0.15, -0.1) is 0 Å². The van der Waals surface area contributed by atoms with E-state index in [0.29, 0.717) is 12.2 Å². The monoisotopic (exact) mass is 150 g/mol. The predicted molar refractivity (Wildman–Crippen MR) is 40.6 cm³/mol. The molecule has 58 valence electrons. The number of nitriles is 1. The molecule has 0 aromatic carbocycles. The van der Waals surface area contributed by atoms with Gasteiger partial charge in [-0.2, -0.15) is 5.26 Å². The summed E-state index contributed by atoms with van der Waals surface area (Å²) >= 11 is 0. The van der Waals surface area contributed by atoms with Gasteiger partial charge >= 0.3 is 0 Å². The van der Waals surface area contributed by atoms with Gasteiger partial charge in [0.05, 0.1) is 18.5 Å². The van der Waals surface area contributed by atoms with Gasteiger partial charge in [0.2, 0.25) is 0 Å². The number of rotatable bonds is 2. The summed E-state index contributed by atoms with van der Waals surface area (Å²) in [6.45, 7) is 1.85. The number of nitrogens with two attached hydrogens (primary N) is 1. The van der Waals surface area contributed by atoms with Crippen molar-refractivity contribution in [3.05, 3.63) is 23.7 Å². The standard InChI is InChI=1S/C8H10N2O/c1-6-2-3-8(11-6)7(10)4-5-9/h2-3,7H,4,10H2,1H3/t7-/m0/s1. The molecule has 2 N–H and O–H groups in total. The second kappa shape index (κ2) is 3.22. The number of hydrogen-bond acceptors (Lipinski definition) is 3. The van der Waals surface area contributed by atoms with E-state index in [9.17, 15) is 0 Å². The third-order valence-corrected chi connectivity index (χ3v) is 1.44. The summed E-state index contributed by atoms with van der Waals surface area (Å²) in [7, 11) is 0. The van der Waals surface area contributed by atoms with Crippen LogP contribution in [0.1, 0.15) is 24.0 Å². The molecule has 0 saturated heterocycles. The van der Waals surface area contributed by atoms with Gasteiger partial charge in [-0.05, 0) is 19.1 Å². The van der Waals surface area contributed by atoms with Crippen molar-refractivity contribution >= 4 is 0 Å². The topological polar surface area (TPSA) is 63.0 Å². The van der Waals surface area contributed by atoms with Crippen molar-refractivity contribution in [2.24, 2.45) is 5.73 Å². The molecule has 0 aliphatic heterocycles. The predicted octanol–water partition coefficient (Wildman–Crippen LogP) is 1.50. The average molecular weight is 150 g/mol. The first-order valence-corrected chi connectivity index (χ1v) is 3.43. The summed E-state index contributed by atoms with van der Waals surface area (Å²) < 4.78 is 5.22. The van der Waals surface area contributed by atoms with E-state index in [1.807, 2.05) is 19.1 Å². The van der Waals surface area contributed by atoms with Crippen LogP contribution in [0.15, 0.2) is 16.5 Å². The quantitative estimate of drug-likeness (QED) is 0.694. The van der Waals surface area contributed by atoms with Crippen molar-refractivity contribution in [2.75, 3.05) is 0 Å². The van der Waals surface area contributed by atoms with Crippen LogP contribution in [0.4, 0.5) is 0 Å². The molecule has 0 aliphatic rings. The maximum Gasteiger partial charge on any atom is 0.121 e. The van der Waals surface area contributed by atoms with Gasteiger partial charge in [0.15, 0.2) is 0 Å². The summed E-state index contributed by atoms with van der Waals surface area (Å²) in [6, 6.07) is 5.35. The van der Waals surface area contributed by atoms with E-state index in [1.165, 1.54) is 0 Å². The molecule has 3 nitrogen and oxygen atoms in total. The Bertz CT molecular complexity index is 272. The average Bonchev–Trinajstić information content (AvgIpc) is 2.36. The smallest absolute Gasteiger partial charge is 0.121 e. The minimum absolute atomic E-state index is 0.284. The highest BCUT2D eigenvalue weighted by molar-refractivity contribution is 5.10. The Morgan fingerprint density at radius 1 is 1.73 bits per heavy atom. The summed E-state index contributed by atoms with van der Waals surface area (Å²) in [6.07, 6.45) is 0.299. The summed E-state index contributed by atoms with van der Waals surface area (Å²) in [5.74, 6) is 1.51. The van der Waals surface area contributed by atoms with Crippen LogP contribution in [0.2, 0.25) is 0 Å². The molecule has 0 fully saturated rings. The van der Waals surface area contributed by atoms with Gasteiger partial charge < -0.3 is 10.2 Å². The lowest BCUT2D eigenvalue weighted by atomic mass is 10.2. The van der Waals surface area contributed by atoms with Crippen molar-refractivity contribution in [1.82, 2.24) is 0 Å². The van der Waals surface area contributed by atoms with Crippen molar-refractivity contribution < 1.29 is 4.42 Å². The summed E-state index contributed by atoms with van der Waals surface area (Å²) in [5.41, 5.74) is 5.60. The Kier molecular flexibility index (Phi) is 2.29. The molecule has 3 heteroatoms. The maximum absolute atomic E-state index is 8.33. The highest BCUT2D eigenvalue weighted by atomic mass is 16.3. The Labute approximate surface area is 65.4 Å². The lowest BCUT2D eigenvalue weighted by Crippen LogP contribution is -2.07. The Balaban J connectivity index is 2.70. The van der Waals surface area contributed by atoms with E-state index >= 15 is 0 Å². The first kappa shape index (κ1) is 7.83. The normalized spacial score (nSPS) is 12.5. The fourth-order valence-electron chi connectivity index (χ4n) is 0.852. The fourth-order valence-corrected chi connectivity index (χ4v) is 0.852. The van der Waals surface area contributed by atoms with E-state index in [-0.39, 0.29) is 6.04 Å². The van der Waals surface area contributed by atoms with Crippen LogP contribution < -0.4 is 5.73 Å². The minimum Gasteiger partial charge on any atom is -0.465 e. The zero-order valence-electron chi connectivity index (χ0n) is 6.37. The Hall–Kier alpha value is -1.27. The highest BCUT2D eigenvalue weighted by Crippen LogP contribution is 2.15. The first-order chi connectivity index (χ1) is 5.24. The highest BCUT2D eigenvalue weighted by Gasteiger charge is 2.08. The van der Waals surface area contributed by atoms with E-state index in [4.69, 9.17) is 15.4 Å². The zero-order chi connectivity index (χ0) is 8.27. The van der Waals surface area contributed by atoms with E-state index in [0.717, 1.165) is 5.76 Å². The van der Waals surface area contributed by atoms with Crippen LogP contribution in [-0.2, 0) is 0 Å². The molecule has 0 amide bonds. The van der Waals surface area contributed by atoms with Gasteiger partial charge in [-0.1, -0.05) is 0 Å². The van der Waals surface area contributed by atoms with Crippen LogP contribution in [0.5, 0.6) is 0 Å². The minimum atomic E-state index is -0.284. The molecule has 1 rings (SSSR count). The molecular weight excluding hydrogens is 140 g/mol. The van der Waals surface area contributed by atoms with E-state index in [1.54, 1.807) is 6.07 Å². The second-order valence-electron chi connectivity index (χ2n) is 2.42. The molecule has 1 aromatic rings. The van der Waals surface area contributed by atoms with Crippen LogP contribution in [0.25, 0.3) is 0 Å². The van der Waals surface area contributed by atoms with Crippen LogP contribution in [0.3, 0.4) is 0 Å². The number of nitrogens with zero attached hydrogens (tertiary/aromatic N) is 1. The molecule has 0 saturated carbocycles. The van der Waals surface area contributed by atoms with Gasteiger partial charge in [0.25, 0.3) is 0 Å². The molecule has 0 bridgehead atoms. The van der Waals surface area contributed by atoms with Crippen molar-refractivity contribution in [2.45, 2.75) is 19.4 Å². The molecule has 0 unspecified atom stereocenters. The Morgan fingerprint density at radius 2 is 2.45 bits per heavy atom. The van der Waals surface area contributed by atoms with Crippen LogP contribution in [0, 0.1) is 18.3 Å². The van der Waals surface area contributed by atoms with E-state index < -0.39 is 0 Å². The molecule has 0 aliphatic carbocycles. The fraction of sp³-hybridized carbons (Fsp3) is 0.375. The first-order valence-electron chi connectivity index (χ1n) is 3.43. The molecule has 0 radical (unpaired) electrons. The maximum atomic E-state index is 8.33. The molecule has 11 heavy (non-hydrogen) atoms. The van der Waals surface area contributed by atoms with E-state index in [2.05, 4.69) is 0 Å². The molecule has 1 heterocycles. The van der Waals surface area contributed by atoms with Gasteiger partial charge in [-0.25, -0.2) is 0 Å². The van der Waals surface area contributed by atoms with Crippen molar-refractivity contribution in [3.8, 4) is 6.07 Å². The third-order valence-electron chi connectivity index (χ3n) is 1.44. The summed E-state index contributed by atoms with van der Waals surface area (Å²) in [4.78, 5) is 0. The third kappa shape index (κ3) is 1.82. The summed E-state index contributed by atoms with van der Waals surface area (Å²) in [5, 5.41) is 8.33. The van der Waals surface area contributed by atoms with Crippen molar-refractivity contribution in [3.63, 3.8) is 0 Å². The van der Waals surface area contributed by atoms with Crippen LogP contribution >= 0.6 is 0 Å².